The molecule has 0 saturated carbocycles. The van der Waals surface area contributed by atoms with Gasteiger partial charge in [0.2, 0.25) is 5.75 Å². The van der Waals surface area contributed by atoms with Crippen LogP contribution in [0.5, 0.6) is 17.2 Å². The minimum atomic E-state index is -0.659. The predicted molar refractivity (Wildman–Crippen MR) is 93.8 cm³/mol. The number of hydrogen-bond acceptors (Lipinski definition) is 7. The van der Waals surface area contributed by atoms with Gasteiger partial charge >= 0.3 is 11.3 Å². The van der Waals surface area contributed by atoms with E-state index in [-0.39, 0.29) is 16.7 Å². The lowest BCUT2D eigenvalue weighted by Crippen LogP contribution is -1.98. The minimum Gasteiger partial charge on any atom is -0.504 e. The van der Waals surface area contributed by atoms with Crippen molar-refractivity contribution in [3.63, 3.8) is 0 Å². The molecule has 4 aromatic rings. The van der Waals surface area contributed by atoms with E-state index in [9.17, 15) is 19.8 Å². The molecule has 0 atom stereocenters. The van der Waals surface area contributed by atoms with Crippen molar-refractivity contribution in [2.75, 3.05) is 7.11 Å². The normalized spacial score (nSPS) is 11.1. The molecule has 0 fully saturated rings. The fourth-order valence-corrected chi connectivity index (χ4v) is 2.91. The Labute approximate surface area is 145 Å². The molecular weight excluding hydrogens is 340 g/mol. The molecule has 2 heterocycles. The Morgan fingerprint density at radius 2 is 1.42 bits per heavy atom. The summed E-state index contributed by atoms with van der Waals surface area (Å²) in [5.41, 5.74) is -0.705. The molecule has 26 heavy (non-hydrogen) atoms. The molecule has 0 saturated heterocycles. The Morgan fingerprint density at radius 3 is 2.12 bits per heavy atom. The van der Waals surface area contributed by atoms with Crippen molar-refractivity contribution < 1.29 is 23.8 Å². The first kappa shape index (κ1) is 15.8. The van der Waals surface area contributed by atoms with E-state index in [1.165, 1.54) is 31.4 Å². The third-order valence-corrected chi connectivity index (χ3v) is 4.10. The van der Waals surface area contributed by atoms with Crippen molar-refractivity contribution in [2.24, 2.45) is 0 Å². The summed E-state index contributed by atoms with van der Waals surface area (Å²) in [6.07, 6.45) is 0. The molecule has 130 valence electrons. The molecule has 7 nitrogen and oxygen atoms in total. The molecule has 0 radical (unpaired) electrons. The highest BCUT2D eigenvalue weighted by Gasteiger charge is 2.21. The van der Waals surface area contributed by atoms with Crippen molar-refractivity contribution in [3.05, 3.63) is 63.3 Å². The summed E-state index contributed by atoms with van der Waals surface area (Å²) in [6, 6.07) is 10.4. The highest BCUT2D eigenvalue weighted by molar-refractivity contribution is 6.01. The third-order valence-electron chi connectivity index (χ3n) is 4.10. The van der Waals surface area contributed by atoms with Gasteiger partial charge in [0, 0.05) is 28.5 Å². The van der Waals surface area contributed by atoms with E-state index in [4.69, 9.17) is 13.6 Å². The van der Waals surface area contributed by atoms with E-state index in [0.717, 1.165) is 0 Å². The molecule has 7 heteroatoms. The van der Waals surface area contributed by atoms with Crippen LogP contribution in [0.25, 0.3) is 33.1 Å². The van der Waals surface area contributed by atoms with E-state index < -0.39 is 22.8 Å². The number of benzene rings is 2. The zero-order valence-corrected chi connectivity index (χ0v) is 13.5. The van der Waals surface area contributed by atoms with Crippen LogP contribution in [-0.2, 0) is 0 Å². The van der Waals surface area contributed by atoms with Gasteiger partial charge in [-0.05, 0) is 30.3 Å². The van der Waals surface area contributed by atoms with Crippen LogP contribution in [0.15, 0.2) is 60.9 Å². The summed E-state index contributed by atoms with van der Waals surface area (Å²) in [6.45, 7) is 0. The van der Waals surface area contributed by atoms with E-state index >= 15 is 0 Å². The molecule has 0 spiro atoms. The van der Waals surface area contributed by atoms with Crippen LogP contribution in [0, 0.1) is 0 Å². The Balaban J connectivity index is 2.18. The van der Waals surface area contributed by atoms with Crippen LogP contribution in [0.2, 0.25) is 0 Å². The highest BCUT2D eigenvalue weighted by atomic mass is 16.5. The second-order valence-electron chi connectivity index (χ2n) is 5.61. The Morgan fingerprint density at radius 1 is 0.808 bits per heavy atom. The Kier molecular flexibility index (Phi) is 3.43. The van der Waals surface area contributed by atoms with Crippen LogP contribution in [-0.4, -0.2) is 17.3 Å². The quantitative estimate of drug-likeness (QED) is 0.421. The molecule has 0 aliphatic heterocycles. The summed E-state index contributed by atoms with van der Waals surface area (Å²) >= 11 is 0. The summed E-state index contributed by atoms with van der Waals surface area (Å²) in [5, 5.41) is 21.8. The smallest absolute Gasteiger partial charge is 0.336 e. The number of methoxy groups -OCH3 is 1. The largest absolute Gasteiger partial charge is 0.504 e. The number of ether oxygens (including phenoxy) is 1. The molecule has 2 aromatic carbocycles. The van der Waals surface area contributed by atoms with E-state index in [1.807, 2.05) is 0 Å². The van der Waals surface area contributed by atoms with Gasteiger partial charge in [0.15, 0.2) is 11.3 Å². The van der Waals surface area contributed by atoms with E-state index in [1.54, 1.807) is 18.2 Å². The zero-order valence-electron chi connectivity index (χ0n) is 13.5. The molecular formula is C19H12O7. The summed E-state index contributed by atoms with van der Waals surface area (Å²) in [5.74, 6) is -0.782. The minimum absolute atomic E-state index is 0.139. The third kappa shape index (κ3) is 2.29. The van der Waals surface area contributed by atoms with Gasteiger partial charge in [-0.15, -0.1) is 0 Å². The lowest BCUT2D eigenvalue weighted by molar-refractivity contribution is 0.397. The monoisotopic (exact) mass is 352 g/mol. The van der Waals surface area contributed by atoms with E-state index in [0.29, 0.717) is 22.1 Å². The van der Waals surface area contributed by atoms with E-state index in [2.05, 4.69) is 0 Å². The van der Waals surface area contributed by atoms with Gasteiger partial charge in [0.05, 0.1) is 12.7 Å². The van der Waals surface area contributed by atoms with Gasteiger partial charge in [-0.3, -0.25) is 0 Å². The highest BCUT2D eigenvalue weighted by Crippen LogP contribution is 2.46. The van der Waals surface area contributed by atoms with Crippen molar-refractivity contribution in [2.45, 2.75) is 0 Å². The van der Waals surface area contributed by atoms with Crippen LogP contribution >= 0.6 is 0 Å². The van der Waals surface area contributed by atoms with Gasteiger partial charge in [-0.25, -0.2) is 9.59 Å². The predicted octanol–water partition coefficient (Wildman–Crippen LogP) is 2.99. The van der Waals surface area contributed by atoms with Gasteiger partial charge in [0.25, 0.3) is 0 Å². The van der Waals surface area contributed by atoms with Crippen LogP contribution in [0.3, 0.4) is 0 Å². The maximum atomic E-state index is 11.7. The fraction of sp³-hybridized carbons (Fsp3) is 0.0526. The lowest BCUT2D eigenvalue weighted by atomic mass is 9.98. The summed E-state index contributed by atoms with van der Waals surface area (Å²) in [7, 11) is 1.43. The Hall–Kier alpha value is -3.74. The maximum Gasteiger partial charge on any atom is 0.336 e. The Bertz CT molecular complexity index is 1280. The van der Waals surface area contributed by atoms with Crippen molar-refractivity contribution in [1.82, 2.24) is 0 Å². The maximum absolute atomic E-state index is 11.7. The number of hydrogen-bond donors (Lipinski definition) is 2. The summed E-state index contributed by atoms with van der Waals surface area (Å²) in [4.78, 5) is 23.1. The molecule has 2 aromatic heterocycles. The van der Waals surface area contributed by atoms with Crippen molar-refractivity contribution in [3.8, 4) is 28.4 Å². The van der Waals surface area contributed by atoms with Crippen molar-refractivity contribution in [1.29, 1.82) is 0 Å². The first-order valence-corrected chi connectivity index (χ1v) is 7.59. The molecule has 0 aliphatic carbocycles. The van der Waals surface area contributed by atoms with Gasteiger partial charge in [-0.2, -0.15) is 0 Å². The van der Waals surface area contributed by atoms with Gasteiger partial charge in [0.1, 0.15) is 11.3 Å². The number of phenolic OH excluding ortho intramolecular Hbond substituents is 2. The van der Waals surface area contributed by atoms with Gasteiger partial charge < -0.3 is 23.8 Å². The topological polar surface area (TPSA) is 110 Å². The van der Waals surface area contributed by atoms with Crippen LogP contribution in [0.4, 0.5) is 0 Å². The van der Waals surface area contributed by atoms with Crippen LogP contribution < -0.4 is 16.0 Å². The first-order valence-electron chi connectivity index (χ1n) is 7.59. The van der Waals surface area contributed by atoms with Crippen molar-refractivity contribution >= 4 is 21.9 Å². The standard InChI is InChI=1S/C19H12O7/c1-24-12-5-2-9-3-6-13(20)25-18(9)15(12)11-8-10-4-7-14(21)26-19(10)17(23)16(11)22/h2-8,22-23H,1H3. The van der Waals surface area contributed by atoms with Gasteiger partial charge in [-0.1, -0.05) is 0 Å². The molecule has 0 unspecified atom stereocenters. The molecule has 4 rings (SSSR count). The number of fused-ring (bicyclic) bond motifs is 2. The molecule has 0 amide bonds. The SMILES string of the molecule is COc1ccc2ccc(=O)oc2c1-c1cc2ccc(=O)oc2c(O)c1O. The number of rotatable bonds is 2. The fourth-order valence-electron chi connectivity index (χ4n) is 2.91. The summed E-state index contributed by atoms with van der Waals surface area (Å²) < 4.78 is 15.6. The number of aromatic hydroxyl groups is 2. The molecule has 2 N–H and O–H groups in total. The number of phenols is 2. The zero-order chi connectivity index (χ0) is 18.4. The first-order chi connectivity index (χ1) is 12.5. The average molecular weight is 352 g/mol. The second-order valence-corrected chi connectivity index (χ2v) is 5.61. The molecule has 0 bridgehead atoms. The molecule has 0 aliphatic rings. The lowest BCUT2D eigenvalue weighted by Gasteiger charge is -2.14. The average Bonchev–Trinajstić information content (AvgIpc) is 2.64. The van der Waals surface area contributed by atoms with Crippen LogP contribution in [0.1, 0.15) is 0 Å². The second kappa shape index (κ2) is 5.66.